The second-order valence-corrected chi connectivity index (χ2v) is 3.28. The molecule has 0 bridgehead atoms. The third kappa shape index (κ3) is 6.73. The van der Waals surface area contributed by atoms with Gasteiger partial charge in [-0.1, -0.05) is 18.5 Å². The number of methoxy groups -OCH3 is 1. The minimum atomic E-state index is -0.263. The molecule has 6 heteroatoms. The van der Waals surface area contributed by atoms with Gasteiger partial charge >= 0.3 is 0 Å². The lowest BCUT2D eigenvalue weighted by molar-refractivity contribution is -0.121. The molecule has 1 unspecified atom stereocenters. The molecule has 1 atom stereocenters. The predicted octanol–water partition coefficient (Wildman–Crippen LogP) is 0.0542. The maximum Gasteiger partial charge on any atom is 0.227 e. The van der Waals surface area contributed by atoms with E-state index in [1.54, 1.807) is 7.11 Å². The van der Waals surface area contributed by atoms with Gasteiger partial charge in [0.15, 0.2) is 0 Å². The molecular weight excluding hydrogens is 198 g/mol. The van der Waals surface area contributed by atoms with E-state index in [0.29, 0.717) is 6.61 Å². The molecule has 0 aliphatic heterocycles. The standard InChI is InChI=1S/C9H19N3O3/c1-3-4-7(6-15-2)11-9(13)5-8(10)12-14/h7,14H,3-6H2,1-2H3,(H2,10,12)(H,11,13). The second kappa shape index (κ2) is 8.05. The maximum atomic E-state index is 11.3. The predicted molar refractivity (Wildman–Crippen MR) is 56.7 cm³/mol. The average molecular weight is 217 g/mol. The lowest BCUT2D eigenvalue weighted by Gasteiger charge is -2.16. The van der Waals surface area contributed by atoms with Gasteiger partial charge in [0.1, 0.15) is 5.84 Å². The van der Waals surface area contributed by atoms with Crippen LogP contribution in [0.3, 0.4) is 0 Å². The Labute approximate surface area is 89.5 Å². The molecule has 6 nitrogen and oxygen atoms in total. The first-order valence-corrected chi connectivity index (χ1v) is 4.88. The van der Waals surface area contributed by atoms with E-state index in [-0.39, 0.29) is 24.2 Å². The highest BCUT2D eigenvalue weighted by molar-refractivity contribution is 5.98. The van der Waals surface area contributed by atoms with E-state index in [4.69, 9.17) is 15.7 Å². The average Bonchev–Trinajstić information content (AvgIpc) is 2.18. The lowest BCUT2D eigenvalue weighted by Crippen LogP contribution is -2.39. The zero-order chi connectivity index (χ0) is 11.7. The van der Waals surface area contributed by atoms with Gasteiger partial charge in [-0.05, 0) is 6.42 Å². The van der Waals surface area contributed by atoms with Crippen molar-refractivity contribution in [1.29, 1.82) is 0 Å². The molecule has 0 fully saturated rings. The third-order valence-electron chi connectivity index (χ3n) is 1.84. The summed E-state index contributed by atoms with van der Waals surface area (Å²) in [5, 5.41) is 13.8. The van der Waals surface area contributed by atoms with Crippen molar-refractivity contribution in [1.82, 2.24) is 5.32 Å². The zero-order valence-electron chi connectivity index (χ0n) is 9.19. The zero-order valence-corrected chi connectivity index (χ0v) is 9.19. The summed E-state index contributed by atoms with van der Waals surface area (Å²) in [5.41, 5.74) is 5.21. The molecule has 0 saturated carbocycles. The molecule has 0 rings (SSSR count). The molecule has 0 aromatic heterocycles. The Morgan fingerprint density at radius 3 is 2.80 bits per heavy atom. The van der Waals surface area contributed by atoms with Crippen molar-refractivity contribution in [2.45, 2.75) is 32.2 Å². The fourth-order valence-corrected chi connectivity index (χ4v) is 1.23. The van der Waals surface area contributed by atoms with Gasteiger partial charge in [0.05, 0.1) is 19.1 Å². The normalized spacial score (nSPS) is 13.6. The summed E-state index contributed by atoms with van der Waals surface area (Å²) in [4.78, 5) is 11.3. The van der Waals surface area contributed by atoms with Crippen molar-refractivity contribution < 1.29 is 14.7 Å². The smallest absolute Gasteiger partial charge is 0.227 e. The van der Waals surface area contributed by atoms with Crippen LogP contribution in [-0.4, -0.2) is 36.7 Å². The van der Waals surface area contributed by atoms with Crippen LogP contribution in [-0.2, 0) is 9.53 Å². The van der Waals surface area contributed by atoms with Crippen LogP contribution in [0.4, 0.5) is 0 Å². The van der Waals surface area contributed by atoms with E-state index in [9.17, 15) is 4.79 Å². The second-order valence-electron chi connectivity index (χ2n) is 3.28. The summed E-state index contributed by atoms with van der Waals surface area (Å²) in [7, 11) is 1.58. The number of hydrogen-bond acceptors (Lipinski definition) is 4. The molecule has 0 aromatic carbocycles. The Balaban J connectivity index is 3.98. The van der Waals surface area contributed by atoms with Gasteiger partial charge in [0, 0.05) is 7.11 Å². The Morgan fingerprint density at radius 1 is 1.67 bits per heavy atom. The molecule has 4 N–H and O–H groups in total. The largest absolute Gasteiger partial charge is 0.409 e. The number of hydrogen-bond donors (Lipinski definition) is 3. The SMILES string of the molecule is CCCC(COC)NC(=O)CC(N)=NO. The number of nitrogens with zero attached hydrogens (tertiary/aromatic N) is 1. The van der Waals surface area contributed by atoms with Gasteiger partial charge in [-0.25, -0.2) is 0 Å². The molecule has 0 radical (unpaired) electrons. The first-order chi connectivity index (χ1) is 7.13. The van der Waals surface area contributed by atoms with Crippen LogP contribution < -0.4 is 11.1 Å². The number of carbonyl (C=O) groups excluding carboxylic acids is 1. The van der Waals surface area contributed by atoms with E-state index >= 15 is 0 Å². The van der Waals surface area contributed by atoms with Gasteiger partial charge in [0.2, 0.25) is 5.91 Å². The molecule has 88 valence electrons. The summed E-state index contributed by atoms with van der Waals surface area (Å²) in [6.45, 7) is 2.49. The Hall–Kier alpha value is -1.30. The highest BCUT2D eigenvalue weighted by Crippen LogP contribution is 1.97. The third-order valence-corrected chi connectivity index (χ3v) is 1.84. The highest BCUT2D eigenvalue weighted by atomic mass is 16.5. The Kier molecular flexibility index (Phi) is 7.35. The lowest BCUT2D eigenvalue weighted by atomic mass is 10.2. The van der Waals surface area contributed by atoms with E-state index in [2.05, 4.69) is 10.5 Å². The molecule has 0 saturated heterocycles. The number of amides is 1. The number of ether oxygens (including phenoxy) is 1. The number of nitrogens with two attached hydrogens (primary N) is 1. The van der Waals surface area contributed by atoms with E-state index in [1.807, 2.05) is 6.92 Å². The van der Waals surface area contributed by atoms with Crippen LogP contribution in [0.5, 0.6) is 0 Å². The van der Waals surface area contributed by atoms with Gasteiger partial charge in [-0.15, -0.1) is 0 Å². The van der Waals surface area contributed by atoms with E-state index in [1.165, 1.54) is 0 Å². The van der Waals surface area contributed by atoms with Crippen molar-refractivity contribution in [2.75, 3.05) is 13.7 Å². The molecule has 0 aliphatic carbocycles. The number of rotatable bonds is 7. The number of oxime groups is 1. The van der Waals surface area contributed by atoms with Crippen molar-refractivity contribution in [3.8, 4) is 0 Å². The van der Waals surface area contributed by atoms with Crippen LogP contribution in [0.25, 0.3) is 0 Å². The van der Waals surface area contributed by atoms with Crippen molar-refractivity contribution >= 4 is 11.7 Å². The Morgan fingerprint density at radius 2 is 2.33 bits per heavy atom. The van der Waals surface area contributed by atoms with Crippen LogP contribution in [0.2, 0.25) is 0 Å². The molecule has 0 spiro atoms. The molecule has 15 heavy (non-hydrogen) atoms. The summed E-state index contributed by atoms with van der Waals surface area (Å²) >= 11 is 0. The van der Waals surface area contributed by atoms with Gasteiger partial charge in [0.25, 0.3) is 0 Å². The van der Waals surface area contributed by atoms with E-state index < -0.39 is 0 Å². The topological polar surface area (TPSA) is 96.9 Å². The summed E-state index contributed by atoms with van der Waals surface area (Å²) in [5.74, 6) is -0.360. The summed E-state index contributed by atoms with van der Waals surface area (Å²) in [6.07, 6.45) is 1.70. The van der Waals surface area contributed by atoms with Gasteiger partial charge in [-0.2, -0.15) is 0 Å². The molecule has 0 aliphatic rings. The summed E-state index contributed by atoms with van der Waals surface area (Å²) < 4.78 is 4.96. The van der Waals surface area contributed by atoms with Crippen molar-refractivity contribution in [2.24, 2.45) is 10.9 Å². The molecular formula is C9H19N3O3. The van der Waals surface area contributed by atoms with Crippen LogP contribution in [0, 0.1) is 0 Å². The minimum Gasteiger partial charge on any atom is -0.409 e. The fraction of sp³-hybridized carbons (Fsp3) is 0.778. The number of nitrogens with one attached hydrogen (secondary N) is 1. The van der Waals surface area contributed by atoms with Gasteiger partial charge in [-0.3, -0.25) is 4.79 Å². The number of carbonyl (C=O) groups is 1. The quantitative estimate of drug-likeness (QED) is 0.243. The number of amidine groups is 1. The van der Waals surface area contributed by atoms with Crippen LogP contribution in [0.1, 0.15) is 26.2 Å². The highest BCUT2D eigenvalue weighted by Gasteiger charge is 2.12. The van der Waals surface area contributed by atoms with Crippen molar-refractivity contribution in [3.63, 3.8) is 0 Å². The molecule has 1 amide bonds. The van der Waals surface area contributed by atoms with Crippen LogP contribution in [0.15, 0.2) is 5.16 Å². The van der Waals surface area contributed by atoms with E-state index in [0.717, 1.165) is 12.8 Å². The molecule has 0 aromatic rings. The van der Waals surface area contributed by atoms with Crippen molar-refractivity contribution in [3.05, 3.63) is 0 Å². The molecule has 0 heterocycles. The fourth-order valence-electron chi connectivity index (χ4n) is 1.23. The van der Waals surface area contributed by atoms with Crippen LogP contribution >= 0.6 is 0 Å². The van der Waals surface area contributed by atoms with Gasteiger partial charge < -0.3 is 21.0 Å². The monoisotopic (exact) mass is 217 g/mol. The Bertz CT molecular complexity index is 213. The minimum absolute atomic E-state index is 0.0148. The first-order valence-electron chi connectivity index (χ1n) is 4.88. The summed E-state index contributed by atoms with van der Waals surface area (Å²) in [6, 6.07) is -0.0148. The first kappa shape index (κ1) is 13.7. The maximum absolute atomic E-state index is 11.3.